The van der Waals surface area contributed by atoms with Crippen LogP contribution in [0.15, 0.2) is 48.0 Å². The number of Topliss-reactive ketones (excluding diaryl/α,β-unsaturated/α-hetero) is 1. The quantitative estimate of drug-likeness (QED) is 0.355. The molecule has 35 heavy (non-hydrogen) atoms. The molecule has 1 saturated heterocycles. The number of unbranched alkanes of at least 4 members (excludes halogenated alkanes) is 1. The first-order valence-corrected chi connectivity index (χ1v) is 11.7. The molecule has 2 aliphatic heterocycles. The number of anilines is 1. The van der Waals surface area contributed by atoms with Gasteiger partial charge in [0, 0.05) is 31.3 Å². The van der Waals surface area contributed by atoms with Crippen LogP contribution < -0.4 is 9.64 Å². The Morgan fingerprint density at radius 1 is 1.06 bits per heavy atom. The molecule has 2 aromatic rings. The molecule has 2 aromatic carbocycles. The van der Waals surface area contributed by atoms with E-state index in [1.807, 2.05) is 26.0 Å². The number of carbonyl (C=O) groups is 3. The molecule has 0 saturated carbocycles. The van der Waals surface area contributed by atoms with Gasteiger partial charge in [-0.15, -0.1) is 0 Å². The maximum Gasteiger partial charge on any atom is 0.296 e. The zero-order valence-corrected chi connectivity index (χ0v) is 20.5. The predicted molar refractivity (Wildman–Crippen MR) is 131 cm³/mol. The molecule has 0 aromatic heterocycles. The van der Waals surface area contributed by atoms with Crippen LogP contribution in [0.25, 0.3) is 5.76 Å². The number of hydrogen-bond acceptors (Lipinski definition) is 6. The van der Waals surface area contributed by atoms with E-state index in [-0.39, 0.29) is 18.7 Å². The minimum Gasteiger partial charge on any atom is -0.507 e. The van der Waals surface area contributed by atoms with Gasteiger partial charge in [0.25, 0.3) is 17.6 Å². The van der Waals surface area contributed by atoms with Crippen molar-refractivity contribution in [3.8, 4) is 5.75 Å². The molecular weight excluding hydrogens is 448 g/mol. The topological polar surface area (TPSA) is 96.4 Å². The number of nitrogens with zero attached hydrogens (tertiary/aromatic N) is 2. The summed E-state index contributed by atoms with van der Waals surface area (Å²) < 4.78 is 10.5. The minimum absolute atomic E-state index is 0.0151. The summed E-state index contributed by atoms with van der Waals surface area (Å²) in [5.41, 5.74) is 0.205. The largest absolute Gasteiger partial charge is 0.507 e. The van der Waals surface area contributed by atoms with Gasteiger partial charge in [0.2, 0.25) is 0 Å². The van der Waals surface area contributed by atoms with Gasteiger partial charge in [-0.25, -0.2) is 0 Å². The van der Waals surface area contributed by atoms with Crippen molar-refractivity contribution < 1.29 is 29.0 Å². The van der Waals surface area contributed by atoms with E-state index in [0.29, 0.717) is 29.1 Å². The Balaban J connectivity index is 2.02. The van der Waals surface area contributed by atoms with Crippen LogP contribution in [-0.2, 0) is 24.7 Å². The number of hydrogen-bond donors (Lipinski definition) is 1. The Morgan fingerprint density at radius 3 is 2.46 bits per heavy atom. The second kappa shape index (κ2) is 9.54. The lowest BCUT2D eigenvalue weighted by Gasteiger charge is -2.34. The molecule has 1 N–H and O–H groups in total. The van der Waals surface area contributed by atoms with E-state index in [1.165, 1.54) is 12.0 Å². The highest BCUT2D eigenvalue weighted by Crippen LogP contribution is 2.53. The zero-order chi connectivity index (χ0) is 25.3. The number of aliphatic hydroxyl groups excluding tert-OH is 1. The number of likely N-dealkylation sites (tertiary alicyclic amines) is 1. The van der Waals surface area contributed by atoms with Crippen molar-refractivity contribution in [2.75, 3.05) is 38.8 Å². The van der Waals surface area contributed by atoms with E-state index in [4.69, 9.17) is 9.47 Å². The van der Waals surface area contributed by atoms with Gasteiger partial charge in [-0.1, -0.05) is 31.5 Å². The number of fused-ring (bicyclic) bond motifs is 2. The Morgan fingerprint density at radius 2 is 1.80 bits per heavy atom. The highest BCUT2D eigenvalue weighted by molar-refractivity contribution is 6.50. The smallest absolute Gasteiger partial charge is 0.296 e. The van der Waals surface area contributed by atoms with Crippen LogP contribution in [0.1, 0.15) is 36.5 Å². The fourth-order valence-electron chi connectivity index (χ4n) is 5.06. The summed E-state index contributed by atoms with van der Waals surface area (Å²) >= 11 is 0. The zero-order valence-electron chi connectivity index (χ0n) is 20.5. The first-order chi connectivity index (χ1) is 16.8. The van der Waals surface area contributed by atoms with E-state index < -0.39 is 28.9 Å². The van der Waals surface area contributed by atoms with Crippen molar-refractivity contribution in [2.24, 2.45) is 0 Å². The second-order valence-electron chi connectivity index (χ2n) is 8.72. The molecule has 2 heterocycles. The number of rotatable bonds is 8. The lowest BCUT2D eigenvalue weighted by Crippen LogP contribution is -2.52. The van der Waals surface area contributed by atoms with Gasteiger partial charge >= 0.3 is 0 Å². The van der Waals surface area contributed by atoms with E-state index in [0.717, 1.165) is 18.4 Å². The third-order valence-electron chi connectivity index (χ3n) is 6.73. The standard InChI is InChI=1S/C27H30N2O6/c1-5-6-13-28-20-10-8-7-9-19(20)27(26(28)33)22(24(31)25(32)29(27)14-15-34-3)23(30)18-11-12-21(35-4)17(2)16-18/h7-12,16,30H,5-6,13-15H2,1-4H3. The number of aliphatic hydroxyl groups is 1. The van der Waals surface area contributed by atoms with E-state index in [1.54, 1.807) is 42.3 Å². The van der Waals surface area contributed by atoms with Crippen molar-refractivity contribution in [2.45, 2.75) is 32.2 Å². The number of ether oxygens (including phenoxy) is 2. The summed E-state index contributed by atoms with van der Waals surface area (Å²) in [6.45, 7) is 4.41. The fraction of sp³-hybridized carbons (Fsp3) is 0.370. The van der Waals surface area contributed by atoms with Crippen LogP contribution in [-0.4, -0.2) is 61.5 Å². The summed E-state index contributed by atoms with van der Waals surface area (Å²) in [6, 6.07) is 12.1. The molecule has 0 radical (unpaired) electrons. The third kappa shape index (κ3) is 3.60. The van der Waals surface area contributed by atoms with Gasteiger partial charge < -0.3 is 24.4 Å². The summed E-state index contributed by atoms with van der Waals surface area (Å²) in [5.74, 6) is -1.93. The highest BCUT2D eigenvalue weighted by Gasteiger charge is 2.66. The molecule has 8 heteroatoms. The summed E-state index contributed by atoms with van der Waals surface area (Å²) in [7, 11) is 3.03. The second-order valence-corrected chi connectivity index (χ2v) is 8.72. The summed E-state index contributed by atoms with van der Waals surface area (Å²) in [5, 5.41) is 11.5. The van der Waals surface area contributed by atoms with Gasteiger partial charge in [0.15, 0.2) is 5.54 Å². The van der Waals surface area contributed by atoms with Gasteiger partial charge in [-0.3, -0.25) is 14.4 Å². The van der Waals surface area contributed by atoms with Gasteiger partial charge in [-0.05, 0) is 43.2 Å². The fourth-order valence-corrected chi connectivity index (χ4v) is 5.06. The summed E-state index contributed by atoms with van der Waals surface area (Å²) in [4.78, 5) is 44.0. The third-order valence-corrected chi connectivity index (χ3v) is 6.73. The maximum absolute atomic E-state index is 14.2. The average molecular weight is 479 g/mol. The number of methoxy groups -OCH3 is 2. The van der Waals surface area contributed by atoms with E-state index >= 15 is 0 Å². The molecule has 8 nitrogen and oxygen atoms in total. The van der Waals surface area contributed by atoms with Gasteiger partial charge in [0.05, 0.1) is 25.0 Å². The van der Waals surface area contributed by atoms with Crippen LogP contribution >= 0.6 is 0 Å². The SMILES string of the molecule is CCCCN1C(=O)C2(C(=C(O)c3ccc(OC)c(C)c3)C(=O)C(=O)N2CCOC)c2ccccc21. The lowest BCUT2D eigenvalue weighted by atomic mass is 9.81. The maximum atomic E-state index is 14.2. The molecule has 2 amide bonds. The number of para-hydroxylation sites is 1. The Labute approximate surface area is 204 Å². The molecule has 0 aliphatic carbocycles. The number of benzene rings is 2. The lowest BCUT2D eigenvalue weighted by molar-refractivity contribution is -0.144. The Bertz CT molecular complexity index is 1220. The average Bonchev–Trinajstić information content (AvgIpc) is 3.23. The highest BCUT2D eigenvalue weighted by atomic mass is 16.5. The molecule has 1 spiro atoms. The molecular formula is C27H30N2O6. The monoisotopic (exact) mass is 478 g/mol. The Kier molecular flexibility index (Phi) is 6.67. The number of amides is 2. The van der Waals surface area contributed by atoms with Crippen LogP contribution in [0.2, 0.25) is 0 Å². The van der Waals surface area contributed by atoms with E-state index in [2.05, 4.69) is 0 Å². The van der Waals surface area contributed by atoms with Crippen molar-refractivity contribution in [1.29, 1.82) is 0 Å². The van der Waals surface area contributed by atoms with Crippen LogP contribution in [0.4, 0.5) is 5.69 Å². The molecule has 1 fully saturated rings. The molecule has 1 atom stereocenters. The number of ketones is 1. The van der Waals surface area contributed by atoms with Crippen LogP contribution in [0, 0.1) is 6.92 Å². The summed E-state index contributed by atoms with van der Waals surface area (Å²) in [6.07, 6.45) is 1.61. The van der Waals surface area contributed by atoms with Crippen LogP contribution in [0.5, 0.6) is 5.75 Å². The van der Waals surface area contributed by atoms with Crippen molar-refractivity contribution >= 4 is 29.0 Å². The first-order valence-electron chi connectivity index (χ1n) is 11.7. The Hall–Kier alpha value is -3.65. The molecule has 0 bridgehead atoms. The van der Waals surface area contributed by atoms with Crippen molar-refractivity contribution in [3.05, 3.63) is 64.7 Å². The van der Waals surface area contributed by atoms with Crippen molar-refractivity contribution in [3.63, 3.8) is 0 Å². The van der Waals surface area contributed by atoms with E-state index in [9.17, 15) is 19.5 Å². The molecule has 2 aliphatic rings. The minimum atomic E-state index is -1.77. The van der Waals surface area contributed by atoms with Gasteiger partial charge in [-0.2, -0.15) is 0 Å². The first kappa shape index (κ1) is 24.5. The normalized spacial score (nSPS) is 20.7. The van der Waals surface area contributed by atoms with Crippen molar-refractivity contribution in [1.82, 2.24) is 4.90 Å². The molecule has 1 unspecified atom stereocenters. The number of carbonyl (C=O) groups excluding carboxylic acids is 3. The van der Waals surface area contributed by atoms with Crippen LogP contribution in [0.3, 0.4) is 0 Å². The number of aryl methyl sites for hydroxylation is 1. The predicted octanol–water partition coefficient (Wildman–Crippen LogP) is 3.37. The molecule has 184 valence electrons. The van der Waals surface area contributed by atoms with Gasteiger partial charge in [0.1, 0.15) is 11.5 Å². The molecule has 4 rings (SSSR count).